The third-order valence-corrected chi connectivity index (χ3v) is 4.99. The Kier molecular flexibility index (Phi) is 7.36. The molecule has 1 unspecified atom stereocenters. The Balaban J connectivity index is 1.90. The van der Waals surface area contributed by atoms with Gasteiger partial charge in [-0.3, -0.25) is 0 Å². The van der Waals surface area contributed by atoms with E-state index in [0.29, 0.717) is 6.04 Å². The molecule has 1 saturated heterocycles. The van der Waals surface area contributed by atoms with Gasteiger partial charge in [-0.1, -0.05) is 6.07 Å². The van der Waals surface area contributed by atoms with E-state index in [2.05, 4.69) is 23.3 Å². The molecular weight excluding hydrogens is 342 g/mol. The molecule has 6 heteroatoms. The van der Waals surface area contributed by atoms with Gasteiger partial charge in [0.2, 0.25) is 0 Å². The molecule has 1 N–H and O–H groups in total. The predicted molar refractivity (Wildman–Crippen MR) is 109 cm³/mol. The minimum atomic E-state index is -0.205. The highest BCUT2D eigenvalue weighted by atomic mass is 16.5. The molecule has 2 rings (SSSR count). The monoisotopic (exact) mass is 377 g/mol. The molecule has 1 fully saturated rings. The van der Waals surface area contributed by atoms with Crippen molar-refractivity contribution in [2.75, 3.05) is 40.9 Å². The number of nitrogens with one attached hydrogen (secondary N) is 1. The zero-order valence-electron chi connectivity index (χ0n) is 17.7. The second-order valence-corrected chi connectivity index (χ2v) is 8.34. The molecule has 1 aliphatic rings. The summed E-state index contributed by atoms with van der Waals surface area (Å²) in [6, 6.07) is 6.51. The van der Waals surface area contributed by atoms with Crippen molar-refractivity contribution in [2.24, 2.45) is 0 Å². The van der Waals surface area contributed by atoms with Crippen LogP contribution in [0.5, 0.6) is 11.5 Å². The second-order valence-electron chi connectivity index (χ2n) is 8.34. The highest BCUT2D eigenvalue weighted by Gasteiger charge is 2.27. The fraction of sp³-hybridized carbons (Fsp3) is 0.667. The van der Waals surface area contributed by atoms with E-state index < -0.39 is 0 Å². The Hall–Kier alpha value is -1.95. The van der Waals surface area contributed by atoms with Gasteiger partial charge in [0.1, 0.15) is 0 Å². The van der Waals surface area contributed by atoms with Gasteiger partial charge in [-0.05, 0) is 64.8 Å². The maximum absolute atomic E-state index is 12.5. The summed E-state index contributed by atoms with van der Waals surface area (Å²) >= 11 is 0. The van der Waals surface area contributed by atoms with Gasteiger partial charge in [-0.15, -0.1) is 0 Å². The standard InChI is InChI=1S/C21H35N3O3/c1-21(2,3)22-20(25)24-12-7-8-17(15-24)23(4)13-11-16-9-10-18(26-5)19(14-16)27-6/h9-10,14,17H,7-8,11-13,15H2,1-6H3,(H,22,25). The number of hydrogen-bond acceptors (Lipinski definition) is 4. The smallest absolute Gasteiger partial charge is 0.317 e. The molecule has 27 heavy (non-hydrogen) atoms. The largest absolute Gasteiger partial charge is 0.493 e. The number of ether oxygens (including phenoxy) is 2. The van der Waals surface area contributed by atoms with Crippen LogP contribution in [0.15, 0.2) is 18.2 Å². The highest BCUT2D eigenvalue weighted by molar-refractivity contribution is 5.75. The van der Waals surface area contributed by atoms with Gasteiger partial charge < -0.3 is 24.6 Å². The molecule has 0 aromatic heterocycles. The normalized spacial score (nSPS) is 17.7. The Morgan fingerprint density at radius 1 is 1.26 bits per heavy atom. The number of carbonyl (C=O) groups excluding carboxylic acids is 1. The van der Waals surface area contributed by atoms with Crippen LogP contribution in [0.2, 0.25) is 0 Å². The van der Waals surface area contributed by atoms with Gasteiger partial charge in [0.25, 0.3) is 0 Å². The van der Waals surface area contributed by atoms with Gasteiger partial charge in [0, 0.05) is 31.2 Å². The number of methoxy groups -OCH3 is 2. The molecule has 1 aliphatic heterocycles. The van der Waals surface area contributed by atoms with Gasteiger partial charge in [-0.2, -0.15) is 0 Å². The number of urea groups is 1. The fourth-order valence-electron chi connectivity index (χ4n) is 3.42. The van der Waals surface area contributed by atoms with Crippen molar-refractivity contribution < 1.29 is 14.3 Å². The summed E-state index contributed by atoms with van der Waals surface area (Å²) in [4.78, 5) is 16.8. The number of piperidine rings is 1. The predicted octanol–water partition coefficient (Wildman–Crippen LogP) is 3.15. The number of benzene rings is 1. The van der Waals surface area contributed by atoms with Crippen LogP contribution >= 0.6 is 0 Å². The number of likely N-dealkylation sites (tertiary alicyclic amines) is 1. The molecule has 152 valence electrons. The summed E-state index contributed by atoms with van der Waals surface area (Å²) in [5, 5.41) is 3.07. The summed E-state index contributed by atoms with van der Waals surface area (Å²) in [6.45, 7) is 8.60. The number of amides is 2. The molecule has 0 bridgehead atoms. The number of likely N-dealkylation sites (N-methyl/N-ethyl adjacent to an activating group) is 1. The van der Waals surface area contributed by atoms with E-state index in [4.69, 9.17) is 9.47 Å². The quantitative estimate of drug-likeness (QED) is 0.827. The average Bonchev–Trinajstić information content (AvgIpc) is 2.64. The van der Waals surface area contributed by atoms with E-state index in [1.807, 2.05) is 37.8 Å². The Morgan fingerprint density at radius 3 is 2.59 bits per heavy atom. The van der Waals surface area contributed by atoms with Gasteiger partial charge in [-0.25, -0.2) is 4.79 Å². The Bertz CT molecular complexity index is 628. The molecule has 0 saturated carbocycles. The van der Waals surface area contributed by atoms with Crippen LogP contribution in [0.4, 0.5) is 4.79 Å². The van der Waals surface area contributed by atoms with E-state index in [0.717, 1.165) is 50.4 Å². The van der Waals surface area contributed by atoms with Gasteiger partial charge in [0.15, 0.2) is 11.5 Å². The molecule has 2 amide bonds. The topological polar surface area (TPSA) is 54.0 Å². The third kappa shape index (κ3) is 6.31. The lowest BCUT2D eigenvalue weighted by Crippen LogP contribution is -2.54. The van der Waals surface area contributed by atoms with E-state index >= 15 is 0 Å². The average molecular weight is 378 g/mol. The lowest BCUT2D eigenvalue weighted by atomic mass is 10.0. The van der Waals surface area contributed by atoms with Crippen LogP contribution < -0.4 is 14.8 Å². The lowest BCUT2D eigenvalue weighted by molar-refractivity contribution is 0.123. The summed E-state index contributed by atoms with van der Waals surface area (Å²) in [7, 11) is 5.46. The summed E-state index contributed by atoms with van der Waals surface area (Å²) in [5.74, 6) is 1.52. The Labute approximate surface area is 163 Å². The number of nitrogens with zero attached hydrogens (tertiary/aromatic N) is 2. The molecule has 1 heterocycles. The first kappa shape index (κ1) is 21.4. The second kappa shape index (κ2) is 9.31. The minimum absolute atomic E-state index is 0.0421. The maximum Gasteiger partial charge on any atom is 0.317 e. The highest BCUT2D eigenvalue weighted by Crippen LogP contribution is 2.28. The summed E-state index contributed by atoms with van der Waals surface area (Å²) < 4.78 is 10.7. The van der Waals surface area contributed by atoms with Crippen molar-refractivity contribution in [2.45, 2.75) is 51.6 Å². The van der Waals surface area contributed by atoms with Crippen molar-refractivity contribution >= 4 is 6.03 Å². The first-order valence-electron chi connectivity index (χ1n) is 9.71. The molecular formula is C21H35N3O3. The van der Waals surface area contributed by atoms with Crippen LogP contribution in [0.1, 0.15) is 39.2 Å². The van der Waals surface area contributed by atoms with Crippen LogP contribution in [0, 0.1) is 0 Å². The SMILES string of the molecule is COc1ccc(CCN(C)C2CCCN(C(=O)NC(C)(C)C)C2)cc1OC. The van der Waals surface area contributed by atoms with E-state index in [9.17, 15) is 4.79 Å². The number of carbonyl (C=O) groups is 1. The Morgan fingerprint density at radius 2 is 1.96 bits per heavy atom. The van der Waals surface area contributed by atoms with E-state index in [1.54, 1.807) is 14.2 Å². The molecule has 1 atom stereocenters. The molecule has 0 radical (unpaired) electrons. The van der Waals surface area contributed by atoms with Crippen LogP contribution in [-0.4, -0.2) is 68.3 Å². The van der Waals surface area contributed by atoms with Crippen LogP contribution in [0.3, 0.4) is 0 Å². The van der Waals surface area contributed by atoms with Crippen molar-refractivity contribution in [3.63, 3.8) is 0 Å². The molecule has 1 aromatic carbocycles. The van der Waals surface area contributed by atoms with E-state index in [1.165, 1.54) is 5.56 Å². The first-order chi connectivity index (χ1) is 12.7. The molecule has 0 aliphatic carbocycles. The van der Waals surface area contributed by atoms with Crippen LogP contribution in [-0.2, 0) is 6.42 Å². The van der Waals surface area contributed by atoms with Crippen molar-refractivity contribution in [1.82, 2.24) is 15.1 Å². The summed E-state index contributed by atoms with van der Waals surface area (Å²) in [5.41, 5.74) is 1.02. The van der Waals surface area contributed by atoms with Gasteiger partial charge >= 0.3 is 6.03 Å². The van der Waals surface area contributed by atoms with Crippen molar-refractivity contribution in [1.29, 1.82) is 0 Å². The van der Waals surface area contributed by atoms with Gasteiger partial charge in [0.05, 0.1) is 14.2 Å². The molecule has 1 aromatic rings. The zero-order chi connectivity index (χ0) is 20.0. The zero-order valence-corrected chi connectivity index (χ0v) is 17.7. The fourth-order valence-corrected chi connectivity index (χ4v) is 3.42. The first-order valence-corrected chi connectivity index (χ1v) is 9.71. The van der Waals surface area contributed by atoms with Crippen molar-refractivity contribution in [3.8, 4) is 11.5 Å². The maximum atomic E-state index is 12.5. The molecule has 0 spiro atoms. The third-order valence-electron chi connectivity index (χ3n) is 4.99. The number of rotatable bonds is 6. The molecule has 6 nitrogen and oxygen atoms in total. The number of hydrogen-bond donors (Lipinski definition) is 1. The minimum Gasteiger partial charge on any atom is -0.493 e. The lowest BCUT2D eigenvalue weighted by Gasteiger charge is -2.38. The van der Waals surface area contributed by atoms with Crippen LogP contribution in [0.25, 0.3) is 0 Å². The van der Waals surface area contributed by atoms with Crippen molar-refractivity contribution in [3.05, 3.63) is 23.8 Å². The summed E-state index contributed by atoms with van der Waals surface area (Å²) in [6.07, 6.45) is 3.10. The van der Waals surface area contributed by atoms with E-state index in [-0.39, 0.29) is 11.6 Å².